The van der Waals surface area contributed by atoms with Crippen LogP contribution in [0.15, 0.2) is 65.3 Å². The van der Waals surface area contributed by atoms with Crippen molar-refractivity contribution in [3.63, 3.8) is 0 Å². The van der Waals surface area contributed by atoms with E-state index in [0.717, 1.165) is 13.1 Å². The number of nitrogens with one attached hydrogen (secondary N) is 1. The van der Waals surface area contributed by atoms with Crippen LogP contribution in [-0.4, -0.2) is 36.0 Å². The van der Waals surface area contributed by atoms with Crippen molar-refractivity contribution in [2.75, 3.05) is 6.54 Å². The maximum absolute atomic E-state index is 2.46. The molecule has 5 heteroatoms. The molecule has 1 aliphatic rings. The van der Waals surface area contributed by atoms with Gasteiger partial charge in [-0.15, -0.1) is 0 Å². The van der Waals surface area contributed by atoms with Crippen LogP contribution in [0.4, 0.5) is 5.69 Å². The number of benzene rings is 2. The molecule has 0 saturated carbocycles. The smallest absolute Gasteiger partial charge is 1.00 e. The Balaban J connectivity index is 0.00000196. The molecular weight excluding hydrogens is 565 g/mol. The third-order valence-electron chi connectivity index (χ3n) is 4.52. The van der Waals surface area contributed by atoms with Crippen molar-refractivity contribution < 1.29 is 33.4 Å². The van der Waals surface area contributed by atoms with Gasteiger partial charge in [0.15, 0.2) is 0 Å². The fourth-order valence-electron chi connectivity index (χ4n) is 3.34. The Kier molecular flexibility index (Phi) is 6.95. The number of fused-ring (bicyclic) bond motifs is 2. The molecule has 0 saturated heterocycles. The summed E-state index contributed by atoms with van der Waals surface area (Å²) in [6.45, 7) is 6.67. The number of allylic oxidation sites excluding steroid dienone is 2. The van der Waals surface area contributed by atoms with Crippen molar-refractivity contribution in [2.24, 2.45) is 0 Å². The molecule has 2 heterocycles. The molecular formula is C21H22IN2Se2+. The number of aromatic nitrogens is 1. The summed E-state index contributed by atoms with van der Waals surface area (Å²) < 4.78 is 8.51. The second-order valence-electron chi connectivity index (χ2n) is 5.97. The zero-order valence-corrected chi connectivity index (χ0v) is 20.5. The van der Waals surface area contributed by atoms with E-state index in [0.29, 0.717) is 29.5 Å². The molecule has 1 N–H and O–H groups in total. The molecule has 0 fully saturated rings. The molecule has 2 aromatic carbocycles. The molecule has 0 amide bonds. The fourth-order valence-corrected chi connectivity index (χ4v) is 8.26. The first kappa shape index (κ1) is 20.1. The monoisotopic (exact) mass is 589 g/mol. The average Bonchev–Trinajstić information content (AvgIpc) is 3.18. The van der Waals surface area contributed by atoms with E-state index in [1.54, 1.807) is 4.60 Å². The molecule has 26 heavy (non-hydrogen) atoms. The van der Waals surface area contributed by atoms with Gasteiger partial charge in [-0.3, -0.25) is 0 Å². The minimum absolute atomic E-state index is 0. The summed E-state index contributed by atoms with van der Waals surface area (Å²) in [4.78, 5) is 1.54. The molecule has 0 spiro atoms. The van der Waals surface area contributed by atoms with Crippen molar-refractivity contribution in [2.45, 2.75) is 20.4 Å². The van der Waals surface area contributed by atoms with Crippen molar-refractivity contribution in [3.8, 4) is 0 Å². The Labute approximate surface area is 184 Å². The Morgan fingerprint density at radius 1 is 1.04 bits per heavy atom. The topological polar surface area (TPSA) is 8.32 Å². The molecule has 0 radical (unpaired) electrons. The van der Waals surface area contributed by atoms with Crippen LogP contribution in [0.5, 0.6) is 0 Å². The van der Waals surface area contributed by atoms with Gasteiger partial charge in [0.05, 0.1) is 0 Å². The van der Waals surface area contributed by atoms with Crippen LogP contribution in [-0.2, 0) is 6.54 Å². The van der Waals surface area contributed by atoms with E-state index in [9.17, 15) is 0 Å². The van der Waals surface area contributed by atoms with Crippen LogP contribution in [0, 0.1) is 0 Å². The molecule has 1 unspecified atom stereocenters. The Morgan fingerprint density at radius 3 is 2.62 bits per heavy atom. The molecule has 3 aromatic rings. The molecule has 1 atom stereocenters. The number of para-hydroxylation sites is 2. The van der Waals surface area contributed by atoms with Gasteiger partial charge in [-0.2, -0.15) is 0 Å². The molecule has 2 nitrogen and oxygen atoms in total. The van der Waals surface area contributed by atoms with E-state index in [2.05, 4.69) is 85.2 Å². The molecule has 0 aliphatic carbocycles. The summed E-state index contributed by atoms with van der Waals surface area (Å²) >= 11 is 0.869. The summed E-state index contributed by atoms with van der Waals surface area (Å²) in [5.74, 6) is 0. The van der Waals surface area contributed by atoms with Gasteiger partial charge in [0.1, 0.15) is 0 Å². The van der Waals surface area contributed by atoms with Gasteiger partial charge in [-0.1, -0.05) is 0 Å². The molecule has 1 aliphatic heterocycles. The van der Waals surface area contributed by atoms with E-state index in [-0.39, 0.29) is 24.0 Å². The largest absolute Gasteiger partial charge is 1.00 e. The van der Waals surface area contributed by atoms with Gasteiger partial charge in [-0.05, 0) is 0 Å². The van der Waals surface area contributed by atoms with Crippen LogP contribution in [0.25, 0.3) is 15.9 Å². The van der Waals surface area contributed by atoms with Crippen LogP contribution in [0.1, 0.15) is 18.4 Å². The van der Waals surface area contributed by atoms with Crippen LogP contribution < -0.4 is 37.9 Å². The predicted molar refractivity (Wildman–Crippen MR) is 107 cm³/mol. The molecule has 4 rings (SSSR count). The minimum atomic E-state index is 0. The summed E-state index contributed by atoms with van der Waals surface area (Å²) in [5, 5.41) is 0. The molecule has 1 aromatic heterocycles. The molecule has 134 valence electrons. The number of quaternary nitrogens is 1. The van der Waals surface area contributed by atoms with Crippen molar-refractivity contribution in [1.82, 2.24) is 0 Å². The zero-order chi connectivity index (χ0) is 17.2. The van der Waals surface area contributed by atoms with Gasteiger partial charge in [0.25, 0.3) is 0 Å². The van der Waals surface area contributed by atoms with Gasteiger partial charge in [0, 0.05) is 0 Å². The maximum Gasteiger partial charge on any atom is -1.00 e. The summed E-state index contributed by atoms with van der Waals surface area (Å²) in [5.41, 5.74) is 2.88. The van der Waals surface area contributed by atoms with Gasteiger partial charge in [0.2, 0.25) is 0 Å². The number of hydrogen-bond acceptors (Lipinski definition) is 0. The van der Waals surface area contributed by atoms with Crippen molar-refractivity contribution in [1.29, 1.82) is 0 Å². The van der Waals surface area contributed by atoms with E-state index in [1.807, 2.05) is 0 Å². The Bertz CT molecular complexity index is 975. The van der Waals surface area contributed by atoms with Crippen molar-refractivity contribution >= 4 is 55.5 Å². The fraction of sp³-hybridized carbons (Fsp3) is 0.190. The van der Waals surface area contributed by atoms with Crippen LogP contribution >= 0.6 is 0 Å². The van der Waals surface area contributed by atoms with Gasteiger partial charge >= 0.3 is 162 Å². The molecule has 0 bridgehead atoms. The number of aryl methyl sites for hydroxylation is 1. The number of rotatable bonds is 4. The minimum Gasteiger partial charge on any atom is -1.00 e. The van der Waals surface area contributed by atoms with E-state index in [4.69, 9.17) is 0 Å². The predicted octanol–water partition coefficient (Wildman–Crippen LogP) is -1.36. The second kappa shape index (κ2) is 9.01. The number of hydrogen-bond donors (Lipinski definition) is 1. The Hall–Kier alpha value is -0.681. The summed E-state index contributed by atoms with van der Waals surface area (Å²) in [6.07, 6.45) is 6.98. The third-order valence-corrected chi connectivity index (χ3v) is 9.37. The summed E-state index contributed by atoms with van der Waals surface area (Å²) in [7, 11) is 0. The van der Waals surface area contributed by atoms with Gasteiger partial charge in [-0.25, -0.2) is 0 Å². The standard InChI is InChI=1S/C21H21N2Se2.HI/c1-3-22-16-10-5-7-12-18(16)24-20(22)14-9-15-21-23(4-2)17-11-6-8-13-19(17)25-21;/h5-15H,3-4H2,1-2H3;1H/q+1;. The normalized spacial score (nSPS) is 17.8. The van der Waals surface area contributed by atoms with E-state index < -0.39 is 0 Å². The van der Waals surface area contributed by atoms with E-state index in [1.165, 1.54) is 29.4 Å². The first-order valence-electron chi connectivity index (χ1n) is 8.75. The first-order chi connectivity index (χ1) is 12.3. The number of nitrogens with zero attached hydrogens (tertiary/aromatic N) is 1. The SMILES string of the molecule is CC[n+]1c(C=CC=C2[Se]c3ccccc3[NH+]2CC)[se]c2ccccc21.[I-]. The third kappa shape index (κ3) is 3.80. The van der Waals surface area contributed by atoms with Crippen LogP contribution in [0.2, 0.25) is 0 Å². The van der Waals surface area contributed by atoms with Crippen LogP contribution in [0.3, 0.4) is 0 Å². The zero-order valence-electron chi connectivity index (χ0n) is 14.9. The van der Waals surface area contributed by atoms with E-state index >= 15 is 0 Å². The second-order valence-corrected chi connectivity index (χ2v) is 10.5. The number of halogens is 1. The maximum atomic E-state index is 2.46. The first-order valence-corrected chi connectivity index (χ1v) is 12.2. The quantitative estimate of drug-likeness (QED) is 0.220. The summed E-state index contributed by atoms with van der Waals surface area (Å²) in [6, 6.07) is 17.7. The average molecular weight is 587 g/mol. The van der Waals surface area contributed by atoms with Gasteiger partial charge < -0.3 is 24.0 Å². The van der Waals surface area contributed by atoms with Crippen molar-refractivity contribution in [3.05, 3.63) is 69.8 Å². The Morgan fingerprint density at radius 2 is 1.81 bits per heavy atom.